The van der Waals surface area contributed by atoms with Crippen LogP contribution in [0.15, 0.2) is 45.9 Å². The van der Waals surface area contributed by atoms with Gasteiger partial charge in [0.1, 0.15) is 0 Å². The SMILES string of the molecule is C=C(C)CNC(N)=NCC1(c2cccc(Br)c2)CCC1. The van der Waals surface area contributed by atoms with Gasteiger partial charge in [-0.05, 0) is 37.5 Å². The normalized spacial score (nSPS) is 17.4. The lowest BCUT2D eigenvalue weighted by atomic mass is 9.64. The summed E-state index contributed by atoms with van der Waals surface area (Å²) in [6.07, 6.45) is 3.63. The predicted molar refractivity (Wildman–Crippen MR) is 89.0 cm³/mol. The van der Waals surface area contributed by atoms with Crippen molar-refractivity contribution in [1.82, 2.24) is 5.32 Å². The van der Waals surface area contributed by atoms with Crippen molar-refractivity contribution < 1.29 is 0 Å². The first kappa shape index (κ1) is 15.1. The van der Waals surface area contributed by atoms with Crippen molar-refractivity contribution in [3.63, 3.8) is 0 Å². The molecule has 0 aromatic heterocycles. The lowest BCUT2D eigenvalue weighted by molar-refractivity contribution is 0.253. The summed E-state index contributed by atoms with van der Waals surface area (Å²) < 4.78 is 1.12. The molecule has 0 atom stereocenters. The number of hydrogen-bond acceptors (Lipinski definition) is 1. The first-order valence-corrected chi connectivity index (χ1v) is 7.75. The van der Waals surface area contributed by atoms with E-state index in [1.165, 1.54) is 24.8 Å². The molecule has 108 valence electrons. The maximum Gasteiger partial charge on any atom is 0.188 e. The molecule has 1 aliphatic rings. The summed E-state index contributed by atoms with van der Waals surface area (Å²) in [6.45, 7) is 7.24. The highest BCUT2D eigenvalue weighted by Gasteiger charge is 2.38. The zero-order valence-electron chi connectivity index (χ0n) is 12.0. The van der Waals surface area contributed by atoms with Gasteiger partial charge >= 0.3 is 0 Å². The van der Waals surface area contributed by atoms with E-state index in [1.807, 2.05) is 6.92 Å². The molecule has 0 heterocycles. The first-order chi connectivity index (χ1) is 9.52. The molecule has 0 aliphatic heterocycles. The fraction of sp³-hybridized carbons (Fsp3) is 0.438. The lowest BCUT2D eigenvalue weighted by Gasteiger charge is -2.41. The maximum atomic E-state index is 5.90. The molecular formula is C16H22BrN3. The molecule has 3 N–H and O–H groups in total. The third kappa shape index (κ3) is 3.63. The van der Waals surface area contributed by atoms with Crippen LogP contribution in [-0.2, 0) is 5.41 Å². The van der Waals surface area contributed by atoms with Crippen LogP contribution in [0.3, 0.4) is 0 Å². The zero-order chi connectivity index (χ0) is 14.6. The van der Waals surface area contributed by atoms with Crippen molar-refractivity contribution in [2.24, 2.45) is 10.7 Å². The van der Waals surface area contributed by atoms with E-state index in [4.69, 9.17) is 5.73 Å². The molecule has 20 heavy (non-hydrogen) atoms. The second-order valence-corrected chi connectivity index (χ2v) is 6.57. The van der Waals surface area contributed by atoms with Gasteiger partial charge in [-0.3, -0.25) is 4.99 Å². The molecule has 1 aromatic carbocycles. The molecule has 1 fully saturated rings. The van der Waals surface area contributed by atoms with E-state index < -0.39 is 0 Å². The maximum absolute atomic E-state index is 5.90. The van der Waals surface area contributed by atoms with Gasteiger partial charge in [0, 0.05) is 16.4 Å². The lowest BCUT2D eigenvalue weighted by Crippen LogP contribution is -2.40. The van der Waals surface area contributed by atoms with Gasteiger partial charge in [0.25, 0.3) is 0 Å². The number of benzene rings is 1. The Morgan fingerprint density at radius 1 is 1.50 bits per heavy atom. The van der Waals surface area contributed by atoms with E-state index in [0.29, 0.717) is 12.5 Å². The Bertz CT molecular complexity index is 518. The molecule has 0 spiro atoms. The number of halogens is 1. The molecule has 0 amide bonds. The fourth-order valence-corrected chi connectivity index (χ4v) is 2.89. The topological polar surface area (TPSA) is 50.4 Å². The monoisotopic (exact) mass is 335 g/mol. The summed E-state index contributed by atoms with van der Waals surface area (Å²) in [4.78, 5) is 4.52. The highest BCUT2D eigenvalue weighted by molar-refractivity contribution is 9.10. The van der Waals surface area contributed by atoms with Crippen molar-refractivity contribution in [3.05, 3.63) is 46.5 Å². The molecule has 0 unspecified atom stereocenters. The van der Waals surface area contributed by atoms with Gasteiger partial charge in [-0.2, -0.15) is 0 Å². The molecule has 0 saturated heterocycles. The van der Waals surface area contributed by atoms with Crippen LogP contribution in [0.5, 0.6) is 0 Å². The third-order valence-electron chi connectivity index (χ3n) is 3.87. The fourth-order valence-electron chi connectivity index (χ4n) is 2.49. The first-order valence-electron chi connectivity index (χ1n) is 6.96. The van der Waals surface area contributed by atoms with Crippen LogP contribution in [0.1, 0.15) is 31.7 Å². The van der Waals surface area contributed by atoms with E-state index in [1.54, 1.807) is 0 Å². The zero-order valence-corrected chi connectivity index (χ0v) is 13.5. The van der Waals surface area contributed by atoms with Crippen LogP contribution in [0, 0.1) is 0 Å². The summed E-state index contributed by atoms with van der Waals surface area (Å²) >= 11 is 3.55. The Balaban J connectivity index is 2.05. The standard InChI is InChI=1S/C16H22BrN3/c1-12(2)10-19-15(18)20-11-16(7-4-8-16)13-5-3-6-14(17)9-13/h3,5-6,9H,1,4,7-8,10-11H2,2H3,(H3,18,19,20). The Kier molecular flexibility index (Phi) is 4.86. The minimum absolute atomic E-state index is 0.166. The van der Waals surface area contributed by atoms with Crippen LogP contribution in [0.25, 0.3) is 0 Å². The van der Waals surface area contributed by atoms with Crippen LogP contribution >= 0.6 is 15.9 Å². The van der Waals surface area contributed by atoms with Crippen molar-refractivity contribution in [3.8, 4) is 0 Å². The van der Waals surface area contributed by atoms with Crippen molar-refractivity contribution in [1.29, 1.82) is 0 Å². The molecule has 2 rings (SSSR count). The summed E-state index contributed by atoms with van der Waals surface area (Å²) in [6, 6.07) is 8.54. The number of aliphatic imine (C=N–C) groups is 1. The summed E-state index contributed by atoms with van der Waals surface area (Å²) in [5.41, 5.74) is 8.48. The van der Waals surface area contributed by atoms with Gasteiger partial charge < -0.3 is 11.1 Å². The van der Waals surface area contributed by atoms with E-state index >= 15 is 0 Å². The average Bonchev–Trinajstić information content (AvgIpc) is 2.35. The number of nitrogens with two attached hydrogens (primary N) is 1. The van der Waals surface area contributed by atoms with Gasteiger partial charge in [-0.25, -0.2) is 0 Å². The quantitative estimate of drug-likeness (QED) is 0.492. The Labute approximate surface area is 129 Å². The van der Waals surface area contributed by atoms with Crippen LogP contribution in [-0.4, -0.2) is 19.0 Å². The number of rotatable bonds is 5. The van der Waals surface area contributed by atoms with Gasteiger partial charge in [0.2, 0.25) is 0 Å². The van der Waals surface area contributed by atoms with Crippen molar-refractivity contribution >= 4 is 21.9 Å². The van der Waals surface area contributed by atoms with Crippen LogP contribution in [0.4, 0.5) is 0 Å². The largest absolute Gasteiger partial charge is 0.370 e. The van der Waals surface area contributed by atoms with Gasteiger partial charge in [0.05, 0.1) is 6.54 Å². The summed E-state index contributed by atoms with van der Waals surface area (Å²) in [7, 11) is 0. The molecule has 3 nitrogen and oxygen atoms in total. The second-order valence-electron chi connectivity index (χ2n) is 5.66. The minimum Gasteiger partial charge on any atom is -0.370 e. The van der Waals surface area contributed by atoms with Gasteiger partial charge in [-0.1, -0.05) is 46.6 Å². The number of hydrogen-bond donors (Lipinski definition) is 2. The van der Waals surface area contributed by atoms with Gasteiger partial charge in [-0.15, -0.1) is 0 Å². The third-order valence-corrected chi connectivity index (χ3v) is 4.36. The van der Waals surface area contributed by atoms with E-state index in [-0.39, 0.29) is 5.41 Å². The van der Waals surface area contributed by atoms with E-state index in [0.717, 1.165) is 16.6 Å². The molecule has 0 bridgehead atoms. The molecule has 4 heteroatoms. The van der Waals surface area contributed by atoms with E-state index in [9.17, 15) is 0 Å². The number of nitrogens with zero attached hydrogens (tertiary/aromatic N) is 1. The second kappa shape index (κ2) is 6.44. The summed E-state index contributed by atoms with van der Waals surface area (Å²) in [5, 5.41) is 3.08. The number of guanidine groups is 1. The van der Waals surface area contributed by atoms with Gasteiger partial charge in [0.15, 0.2) is 5.96 Å². The Morgan fingerprint density at radius 3 is 2.80 bits per heavy atom. The molecule has 1 aromatic rings. The van der Waals surface area contributed by atoms with Crippen molar-refractivity contribution in [2.75, 3.05) is 13.1 Å². The Morgan fingerprint density at radius 2 is 2.25 bits per heavy atom. The molecule has 1 saturated carbocycles. The highest BCUT2D eigenvalue weighted by Crippen LogP contribution is 2.44. The smallest absolute Gasteiger partial charge is 0.188 e. The molecule has 1 aliphatic carbocycles. The Hall–Kier alpha value is -1.29. The number of nitrogens with one attached hydrogen (secondary N) is 1. The minimum atomic E-state index is 0.166. The predicted octanol–water partition coefficient (Wildman–Crippen LogP) is 3.35. The molecule has 0 radical (unpaired) electrons. The summed E-state index contributed by atoms with van der Waals surface area (Å²) in [5.74, 6) is 0.509. The highest BCUT2D eigenvalue weighted by atomic mass is 79.9. The van der Waals surface area contributed by atoms with Crippen molar-refractivity contribution in [2.45, 2.75) is 31.6 Å². The van der Waals surface area contributed by atoms with Crippen LogP contribution < -0.4 is 11.1 Å². The molecular weight excluding hydrogens is 314 g/mol. The van der Waals surface area contributed by atoms with E-state index in [2.05, 4.69) is 57.1 Å². The van der Waals surface area contributed by atoms with Crippen LogP contribution in [0.2, 0.25) is 0 Å². The average molecular weight is 336 g/mol.